The first-order valence-electron chi connectivity index (χ1n) is 16.1. The molecule has 254 valence electrons. The minimum absolute atomic E-state index is 0.0208. The molecular weight excluding hydrogens is 655 g/mol. The summed E-state index contributed by atoms with van der Waals surface area (Å²) in [5.74, 6) is -0.772. The predicted molar refractivity (Wildman–Crippen MR) is 177 cm³/mol. The van der Waals surface area contributed by atoms with E-state index in [1.807, 2.05) is 25.3 Å². The number of imidazole rings is 1. The number of piperidine rings is 1. The first-order valence-corrected chi connectivity index (χ1v) is 16.4. The van der Waals surface area contributed by atoms with Crippen LogP contribution < -0.4 is 4.74 Å². The topological polar surface area (TPSA) is 126 Å². The van der Waals surface area contributed by atoms with Crippen LogP contribution in [-0.4, -0.2) is 55.5 Å². The van der Waals surface area contributed by atoms with Gasteiger partial charge in [0.05, 0.1) is 40.8 Å². The highest BCUT2D eigenvalue weighted by molar-refractivity contribution is 6.35. The van der Waals surface area contributed by atoms with Crippen molar-refractivity contribution in [3.8, 4) is 5.88 Å². The van der Waals surface area contributed by atoms with Crippen LogP contribution in [0, 0.1) is 6.01 Å². The fourth-order valence-electron chi connectivity index (χ4n) is 6.09. The van der Waals surface area contributed by atoms with Crippen LogP contribution in [0.4, 0.5) is 4.39 Å². The van der Waals surface area contributed by atoms with Crippen LogP contribution in [0.25, 0.3) is 22.0 Å². The summed E-state index contributed by atoms with van der Waals surface area (Å²) in [4.78, 5) is 50.4. The number of benzene rings is 2. The Labute approximate surface area is 285 Å². The smallest absolute Gasteiger partial charge is 0.338 e. The highest BCUT2D eigenvalue weighted by atomic mass is 35.5. The number of carbonyl (C=O) groups excluding carboxylic acids is 3. The van der Waals surface area contributed by atoms with Gasteiger partial charge in [0, 0.05) is 54.1 Å². The van der Waals surface area contributed by atoms with Crippen molar-refractivity contribution in [2.75, 3.05) is 6.61 Å². The number of imide groups is 1. The number of nitrogens with zero attached hydrogens (tertiary/aromatic N) is 4. The van der Waals surface area contributed by atoms with Gasteiger partial charge in [-0.3, -0.25) is 14.5 Å². The van der Waals surface area contributed by atoms with E-state index in [4.69, 9.17) is 35.2 Å². The standard InChI is InChI=1S/C36H34ClFN4O7/c1-36(2,3)49-35(45)20-8-10-27-28(13-20)41(17-23-11-12-46-23)30(39-27)18-42-32(43)14-22(15-33(42)44)26-5-4-6-31(40-26)47-19-21-7-9-25(37)24-16-29(38)48-34(21)24/h4-10,13,16,22-23H,11-12,14-15,17-19H2,1-3H3/t23-/m0/s1. The van der Waals surface area contributed by atoms with Crippen LogP contribution in [0.5, 0.6) is 5.88 Å². The Bertz CT molecular complexity index is 2080. The molecule has 0 saturated carbocycles. The minimum Gasteiger partial charge on any atom is -0.473 e. The Morgan fingerprint density at radius 2 is 1.84 bits per heavy atom. The van der Waals surface area contributed by atoms with Gasteiger partial charge < -0.3 is 23.2 Å². The van der Waals surface area contributed by atoms with Crippen LogP contribution in [0.3, 0.4) is 0 Å². The molecule has 0 spiro atoms. The van der Waals surface area contributed by atoms with Gasteiger partial charge in [-0.15, -0.1) is 0 Å². The summed E-state index contributed by atoms with van der Waals surface area (Å²) in [6.07, 6.45) is 0.973. The number of aromatic nitrogens is 3. The number of ether oxygens (including phenoxy) is 3. The zero-order valence-corrected chi connectivity index (χ0v) is 28.0. The SMILES string of the molecule is CC(C)(C)OC(=O)c1ccc2nc(CN3C(=O)CC(c4cccc(OCc5ccc(Cl)c6cc(F)oc56)n4)CC3=O)n(C[C@@H]3CCO3)c2c1. The molecule has 0 aliphatic carbocycles. The molecule has 0 radical (unpaired) electrons. The maximum absolute atomic E-state index is 13.8. The van der Waals surface area contributed by atoms with Gasteiger partial charge in [-0.2, -0.15) is 4.39 Å². The van der Waals surface area contributed by atoms with E-state index in [0.717, 1.165) is 6.42 Å². The van der Waals surface area contributed by atoms with Crippen molar-refractivity contribution < 1.29 is 37.4 Å². The molecule has 2 amide bonds. The van der Waals surface area contributed by atoms with Crippen LogP contribution in [0.15, 0.2) is 59.0 Å². The van der Waals surface area contributed by atoms with Crippen LogP contribution >= 0.6 is 11.6 Å². The van der Waals surface area contributed by atoms with Gasteiger partial charge >= 0.3 is 5.97 Å². The summed E-state index contributed by atoms with van der Waals surface area (Å²) in [6, 6.07) is 14.1. The lowest BCUT2D eigenvalue weighted by Gasteiger charge is -2.31. The van der Waals surface area contributed by atoms with Gasteiger partial charge in [0.25, 0.3) is 6.01 Å². The lowest BCUT2D eigenvalue weighted by molar-refractivity contribution is -0.149. The summed E-state index contributed by atoms with van der Waals surface area (Å²) in [5, 5.41) is 0.812. The van der Waals surface area contributed by atoms with E-state index >= 15 is 0 Å². The van der Waals surface area contributed by atoms with Gasteiger partial charge in [-0.25, -0.2) is 14.8 Å². The summed E-state index contributed by atoms with van der Waals surface area (Å²) in [5.41, 5.74) is 2.49. The number of hydrogen-bond acceptors (Lipinski definition) is 9. The normalized spacial score (nSPS) is 17.2. The average Bonchev–Trinajstić information content (AvgIpc) is 3.59. The molecule has 2 aliphatic rings. The number of rotatable bonds is 9. The Morgan fingerprint density at radius 3 is 2.55 bits per heavy atom. The molecule has 1 atom stereocenters. The molecule has 0 N–H and O–H groups in total. The maximum Gasteiger partial charge on any atom is 0.338 e. The maximum atomic E-state index is 13.8. The van der Waals surface area contributed by atoms with E-state index in [-0.39, 0.29) is 49.8 Å². The van der Waals surface area contributed by atoms with Crippen molar-refractivity contribution in [3.63, 3.8) is 0 Å². The number of fused-ring (bicyclic) bond motifs is 2. The van der Waals surface area contributed by atoms with E-state index in [1.165, 1.54) is 11.0 Å². The molecule has 11 nitrogen and oxygen atoms in total. The van der Waals surface area contributed by atoms with Crippen molar-refractivity contribution in [3.05, 3.63) is 88.3 Å². The number of esters is 1. The van der Waals surface area contributed by atoms with Crippen molar-refractivity contribution in [1.29, 1.82) is 0 Å². The summed E-state index contributed by atoms with van der Waals surface area (Å²) in [7, 11) is 0. The number of amides is 2. The quantitative estimate of drug-likeness (QED) is 0.122. The van der Waals surface area contributed by atoms with Crippen molar-refractivity contribution in [1.82, 2.24) is 19.4 Å². The van der Waals surface area contributed by atoms with Gasteiger partial charge in [0.2, 0.25) is 17.7 Å². The van der Waals surface area contributed by atoms with E-state index in [2.05, 4.69) is 4.98 Å². The summed E-state index contributed by atoms with van der Waals surface area (Å²) < 4.78 is 38.0. The molecule has 13 heteroatoms. The van der Waals surface area contributed by atoms with Crippen molar-refractivity contribution >= 4 is 51.4 Å². The third kappa shape index (κ3) is 6.88. The zero-order chi connectivity index (χ0) is 34.4. The number of carbonyl (C=O) groups is 3. The lowest BCUT2D eigenvalue weighted by Crippen LogP contribution is -2.43. The highest BCUT2D eigenvalue weighted by Crippen LogP contribution is 2.33. The Balaban J connectivity index is 1.07. The van der Waals surface area contributed by atoms with Crippen LogP contribution in [0.1, 0.15) is 73.4 Å². The lowest BCUT2D eigenvalue weighted by atomic mass is 9.92. The molecule has 7 rings (SSSR count). The molecule has 2 saturated heterocycles. The molecule has 5 heterocycles. The van der Waals surface area contributed by atoms with E-state index in [1.54, 1.807) is 48.5 Å². The number of pyridine rings is 1. The number of halogens is 2. The largest absolute Gasteiger partial charge is 0.473 e. The Hall–Kier alpha value is -4.81. The first kappa shape index (κ1) is 32.7. The molecular formula is C36H34ClFN4O7. The molecule has 2 fully saturated rings. The fourth-order valence-corrected chi connectivity index (χ4v) is 6.30. The second-order valence-corrected chi connectivity index (χ2v) is 13.7. The first-order chi connectivity index (χ1) is 23.4. The third-order valence-corrected chi connectivity index (χ3v) is 8.94. The number of likely N-dealkylation sites (tertiary alicyclic amines) is 1. The molecule has 2 aromatic carbocycles. The number of furan rings is 1. The third-order valence-electron chi connectivity index (χ3n) is 8.61. The molecule has 0 bridgehead atoms. The molecule has 49 heavy (non-hydrogen) atoms. The molecule has 3 aromatic heterocycles. The summed E-state index contributed by atoms with van der Waals surface area (Å²) >= 11 is 6.17. The van der Waals surface area contributed by atoms with Gasteiger partial charge in [-0.05, 0) is 57.5 Å². The van der Waals surface area contributed by atoms with Crippen LogP contribution in [0.2, 0.25) is 5.02 Å². The second kappa shape index (κ2) is 12.9. The number of hydrogen-bond donors (Lipinski definition) is 0. The van der Waals surface area contributed by atoms with Crippen LogP contribution in [-0.2, 0) is 38.8 Å². The van der Waals surface area contributed by atoms with Gasteiger partial charge in [-0.1, -0.05) is 23.7 Å². The van der Waals surface area contributed by atoms with Crippen molar-refractivity contribution in [2.45, 2.75) is 77.4 Å². The highest BCUT2D eigenvalue weighted by Gasteiger charge is 2.35. The van der Waals surface area contributed by atoms with Gasteiger partial charge in [0.15, 0.2) is 0 Å². The molecule has 2 aliphatic heterocycles. The Kier molecular flexibility index (Phi) is 8.62. The zero-order valence-electron chi connectivity index (χ0n) is 27.2. The van der Waals surface area contributed by atoms with Crippen molar-refractivity contribution in [2.24, 2.45) is 0 Å². The fraction of sp³-hybridized carbons (Fsp3) is 0.361. The monoisotopic (exact) mass is 688 g/mol. The predicted octanol–water partition coefficient (Wildman–Crippen LogP) is 6.73. The molecule has 5 aromatic rings. The summed E-state index contributed by atoms with van der Waals surface area (Å²) in [6.45, 7) is 6.58. The van der Waals surface area contributed by atoms with Gasteiger partial charge in [0.1, 0.15) is 23.6 Å². The van der Waals surface area contributed by atoms with E-state index < -0.39 is 23.5 Å². The Morgan fingerprint density at radius 1 is 1.06 bits per heavy atom. The molecule has 0 unspecified atom stereocenters. The van der Waals surface area contributed by atoms with E-state index in [9.17, 15) is 18.8 Å². The van der Waals surface area contributed by atoms with E-state index in [0.29, 0.717) is 62.8 Å². The second-order valence-electron chi connectivity index (χ2n) is 13.3. The average molecular weight is 689 g/mol. The minimum atomic E-state index is -0.748.